The maximum Gasteiger partial charge on any atom is 0.407 e. The Labute approximate surface area is 192 Å². The van der Waals surface area contributed by atoms with Crippen LogP contribution in [0.15, 0.2) is 54.6 Å². The first kappa shape index (κ1) is 21.3. The lowest BCUT2D eigenvalue weighted by Crippen LogP contribution is -2.48. The highest BCUT2D eigenvalue weighted by Crippen LogP contribution is 2.46. The van der Waals surface area contributed by atoms with Crippen LogP contribution >= 0.6 is 0 Å². The van der Waals surface area contributed by atoms with Crippen molar-refractivity contribution in [3.05, 3.63) is 77.1 Å². The van der Waals surface area contributed by atoms with Gasteiger partial charge in [-0.1, -0.05) is 60.7 Å². The van der Waals surface area contributed by atoms with Crippen molar-refractivity contribution in [2.75, 3.05) is 13.1 Å². The van der Waals surface area contributed by atoms with E-state index in [1.807, 2.05) is 30.4 Å². The average Bonchev–Trinajstić information content (AvgIpc) is 3.42. The van der Waals surface area contributed by atoms with Crippen molar-refractivity contribution in [2.45, 2.75) is 43.8 Å². The second-order valence-electron chi connectivity index (χ2n) is 8.87. The number of hydrogen-bond acceptors (Lipinski definition) is 5. The zero-order valence-electron chi connectivity index (χ0n) is 18.4. The minimum absolute atomic E-state index is 0.0988. The van der Waals surface area contributed by atoms with Crippen LogP contribution in [0, 0.1) is 0 Å². The summed E-state index contributed by atoms with van der Waals surface area (Å²) in [7, 11) is 0. The first-order valence-electron chi connectivity index (χ1n) is 11.5. The molecule has 1 aliphatic heterocycles. The Morgan fingerprint density at radius 3 is 2.67 bits per heavy atom. The van der Waals surface area contributed by atoms with Crippen molar-refractivity contribution in [3.8, 4) is 0 Å². The summed E-state index contributed by atoms with van der Waals surface area (Å²) >= 11 is 0. The van der Waals surface area contributed by atoms with Gasteiger partial charge >= 0.3 is 6.09 Å². The van der Waals surface area contributed by atoms with Crippen LogP contribution in [-0.2, 0) is 6.54 Å². The largest absolute Gasteiger partial charge is 0.465 e. The van der Waals surface area contributed by atoms with Crippen LogP contribution in [0.1, 0.15) is 47.7 Å². The predicted octanol–water partition coefficient (Wildman–Crippen LogP) is 3.87. The molecule has 0 spiro atoms. The highest BCUT2D eigenvalue weighted by molar-refractivity contribution is 5.67. The number of hydrogen-bond donors (Lipinski definition) is 2. The van der Waals surface area contributed by atoms with E-state index in [9.17, 15) is 9.90 Å². The fourth-order valence-corrected chi connectivity index (χ4v) is 4.94. The van der Waals surface area contributed by atoms with Crippen LogP contribution < -0.4 is 0 Å². The highest BCUT2D eigenvalue weighted by Gasteiger charge is 2.47. The number of piperidine rings is 1. The molecule has 2 aliphatic rings. The molecule has 0 bridgehead atoms. The van der Waals surface area contributed by atoms with E-state index in [4.69, 9.17) is 0 Å². The van der Waals surface area contributed by atoms with Crippen LogP contribution in [0.3, 0.4) is 0 Å². The van der Waals surface area contributed by atoms with Gasteiger partial charge in [0, 0.05) is 37.6 Å². The van der Waals surface area contributed by atoms with Gasteiger partial charge in [0.1, 0.15) is 0 Å². The number of likely N-dealkylation sites (tertiary alicyclic amines) is 1. The lowest BCUT2D eigenvalue weighted by molar-refractivity contribution is 0.0834. The summed E-state index contributed by atoms with van der Waals surface area (Å²) in [4.78, 5) is 16.3. The zero-order valence-corrected chi connectivity index (χ0v) is 18.4. The minimum atomic E-state index is -0.780. The molecule has 2 aromatic carbocycles. The molecule has 3 aromatic rings. The number of benzene rings is 2. The number of nitrogens with zero attached hydrogens (tertiary/aromatic N) is 5. The van der Waals surface area contributed by atoms with E-state index < -0.39 is 6.09 Å². The van der Waals surface area contributed by atoms with Gasteiger partial charge in [-0.25, -0.2) is 4.79 Å². The van der Waals surface area contributed by atoms with E-state index >= 15 is 0 Å². The number of aromatic amines is 1. The summed E-state index contributed by atoms with van der Waals surface area (Å²) in [5, 5.41) is 23.8. The number of amides is 1. The molecule has 2 atom stereocenters. The molecule has 2 N–H and O–H groups in total. The fourth-order valence-electron chi connectivity index (χ4n) is 4.94. The van der Waals surface area contributed by atoms with Gasteiger partial charge in [-0.3, -0.25) is 4.90 Å². The van der Waals surface area contributed by atoms with E-state index in [0.717, 1.165) is 44.5 Å². The molecule has 2 fully saturated rings. The van der Waals surface area contributed by atoms with Crippen molar-refractivity contribution < 1.29 is 9.90 Å². The third kappa shape index (κ3) is 5.12. The molecular formula is C25H28N6O2. The van der Waals surface area contributed by atoms with Crippen molar-refractivity contribution in [1.29, 1.82) is 0 Å². The zero-order chi connectivity index (χ0) is 22.6. The summed E-state index contributed by atoms with van der Waals surface area (Å²) in [5.74, 6) is 0.888. The molecule has 170 valence electrons. The topological polar surface area (TPSA) is 98.2 Å². The van der Waals surface area contributed by atoms with E-state index in [-0.39, 0.29) is 12.1 Å². The second kappa shape index (κ2) is 9.54. The van der Waals surface area contributed by atoms with Crippen LogP contribution in [0.4, 0.5) is 4.79 Å². The number of carboxylic acid groups (broad SMARTS) is 1. The van der Waals surface area contributed by atoms with E-state index in [0.29, 0.717) is 11.7 Å². The Bertz CT molecular complexity index is 1090. The number of aromatic nitrogens is 4. The molecule has 8 nitrogen and oxygen atoms in total. The summed E-state index contributed by atoms with van der Waals surface area (Å²) in [6.45, 7) is 2.67. The summed E-state index contributed by atoms with van der Waals surface area (Å²) in [6, 6.07) is 18.9. The van der Waals surface area contributed by atoms with Gasteiger partial charge < -0.3 is 10.0 Å². The maximum atomic E-state index is 12.1. The third-order valence-electron chi connectivity index (χ3n) is 6.66. The van der Waals surface area contributed by atoms with E-state index in [1.54, 1.807) is 4.90 Å². The molecular weight excluding hydrogens is 416 g/mol. The molecule has 33 heavy (non-hydrogen) atoms. The van der Waals surface area contributed by atoms with Crippen LogP contribution in [-0.4, -0.2) is 66.8 Å². The number of H-pyrrole nitrogens is 1. The lowest BCUT2D eigenvalue weighted by Gasteiger charge is -2.37. The monoisotopic (exact) mass is 444 g/mol. The highest BCUT2D eigenvalue weighted by atomic mass is 16.4. The van der Waals surface area contributed by atoms with Crippen molar-refractivity contribution in [3.63, 3.8) is 0 Å². The first-order valence-corrected chi connectivity index (χ1v) is 11.5. The van der Waals surface area contributed by atoms with Gasteiger partial charge in [0.15, 0.2) is 5.82 Å². The van der Waals surface area contributed by atoms with E-state index in [1.165, 1.54) is 11.1 Å². The predicted molar refractivity (Wildman–Crippen MR) is 125 cm³/mol. The molecule has 2 heterocycles. The molecule has 1 saturated carbocycles. The molecule has 1 saturated heterocycles. The third-order valence-corrected chi connectivity index (χ3v) is 6.66. The smallest absolute Gasteiger partial charge is 0.407 e. The molecule has 0 unspecified atom stereocenters. The Hall–Kier alpha value is -3.52. The number of tetrazole rings is 1. The standard InChI is InChI=1S/C25H28N6O2/c32-25(33)31(23-16-22(23)20-7-2-1-3-8-20)21-11-13-30(14-12-21)17-19-6-4-5-18(15-19)9-10-24-26-28-29-27-24/h1-10,15,21-23H,11-14,16-17H2,(H,32,33)(H,26,27,28,29)/b10-9+/t22-,23+/m0/s1. The van der Waals surface area contributed by atoms with Crippen LogP contribution in [0.2, 0.25) is 0 Å². The van der Waals surface area contributed by atoms with Crippen molar-refractivity contribution in [2.24, 2.45) is 0 Å². The molecule has 5 rings (SSSR count). The SMILES string of the molecule is O=C(O)N(C1CCN(Cc2cccc(/C=C/c3nn[nH]n3)c2)CC1)[C@@H]1C[C@H]1c1ccccc1. The second-order valence-corrected chi connectivity index (χ2v) is 8.87. The lowest BCUT2D eigenvalue weighted by atomic mass is 10.0. The van der Waals surface area contributed by atoms with Crippen LogP contribution in [0.25, 0.3) is 12.2 Å². The van der Waals surface area contributed by atoms with Gasteiger partial charge in [-0.2, -0.15) is 5.21 Å². The first-order chi connectivity index (χ1) is 16.2. The van der Waals surface area contributed by atoms with Gasteiger partial charge in [-0.05, 0) is 47.2 Å². The van der Waals surface area contributed by atoms with Gasteiger partial charge in [0.05, 0.1) is 0 Å². The summed E-state index contributed by atoms with van der Waals surface area (Å²) < 4.78 is 0. The van der Waals surface area contributed by atoms with Crippen LogP contribution in [0.5, 0.6) is 0 Å². The Balaban J connectivity index is 1.16. The minimum Gasteiger partial charge on any atom is -0.465 e. The fraction of sp³-hybridized carbons (Fsp3) is 0.360. The molecule has 1 aromatic heterocycles. The summed E-state index contributed by atoms with van der Waals surface area (Å²) in [6.07, 6.45) is 5.71. The molecule has 8 heteroatoms. The Morgan fingerprint density at radius 1 is 1.12 bits per heavy atom. The van der Waals surface area contributed by atoms with E-state index in [2.05, 4.69) is 61.9 Å². The summed E-state index contributed by atoms with van der Waals surface area (Å²) in [5.41, 5.74) is 3.58. The number of carbonyl (C=O) groups is 1. The normalized spacial score (nSPS) is 21.3. The van der Waals surface area contributed by atoms with Gasteiger partial charge in [-0.15, -0.1) is 10.2 Å². The van der Waals surface area contributed by atoms with Gasteiger partial charge in [0.2, 0.25) is 0 Å². The Kier molecular flexibility index (Phi) is 6.17. The quantitative estimate of drug-likeness (QED) is 0.574. The van der Waals surface area contributed by atoms with Crippen molar-refractivity contribution in [1.82, 2.24) is 30.4 Å². The number of nitrogens with one attached hydrogen (secondary N) is 1. The van der Waals surface area contributed by atoms with Crippen molar-refractivity contribution >= 4 is 18.2 Å². The maximum absolute atomic E-state index is 12.1. The number of rotatable bonds is 7. The molecule has 0 radical (unpaired) electrons. The molecule has 1 amide bonds. The van der Waals surface area contributed by atoms with Gasteiger partial charge in [0.25, 0.3) is 0 Å². The molecule has 1 aliphatic carbocycles. The average molecular weight is 445 g/mol. The Morgan fingerprint density at radius 2 is 1.94 bits per heavy atom.